The molecule has 6 heteroatoms. The van der Waals surface area contributed by atoms with Gasteiger partial charge in [0.1, 0.15) is 5.75 Å². The molecule has 0 amide bonds. The number of hydrogen-bond donors (Lipinski definition) is 0. The van der Waals surface area contributed by atoms with Crippen molar-refractivity contribution in [3.8, 4) is 5.75 Å². The van der Waals surface area contributed by atoms with E-state index >= 15 is 0 Å². The Morgan fingerprint density at radius 2 is 1.73 bits per heavy atom. The highest BCUT2D eigenvalue weighted by Gasteiger charge is 2.45. The molecule has 0 N–H and O–H groups in total. The molecule has 1 fully saturated rings. The van der Waals surface area contributed by atoms with Gasteiger partial charge in [0.05, 0.1) is 18.0 Å². The summed E-state index contributed by atoms with van der Waals surface area (Å²) < 4.78 is 34.5. The van der Waals surface area contributed by atoms with E-state index in [1.807, 2.05) is 54.6 Å². The fourth-order valence-electron chi connectivity index (χ4n) is 4.71. The van der Waals surface area contributed by atoms with E-state index in [-0.39, 0.29) is 12.0 Å². The van der Waals surface area contributed by atoms with Crippen molar-refractivity contribution in [3.63, 3.8) is 0 Å². The van der Waals surface area contributed by atoms with Gasteiger partial charge in [-0.1, -0.05) is 55.0 Å². The summed E-state index contributed by atoms with van der Waals surface area (Å²) in [4.78, 5) is 0.308. The van der Waals surface area contributed by atoms with Crippen LogP contribution in [0, 0.1) is 5.92 Å². The van der Waals surface area contributed by atoms with Crippen LogP contribution < -0.4 is 4.74 Å². The summed E-state index contributed by atoms with van der Waals surface area (Å²) in [7, 11) is -2.19. The molecule has 2 aliphatic rings. The Balaban J connectivity index is 1.64. The Kier molecular flexibility index (Phi) is 4.74. The number of hydrazone groups is 1. The first kappa shape index (κ1) is 19.1. The van der Waals surface area contributed by atoms with Crippen LogP contribution in [-0.2, 0) is 10.0 Å². The molecule has 1 heterocycles. The molecule has 5 nitrogen and oxygen atoms in total. The van der Waals surface area contributed by atoms with Gasteiger partial charge in [0.25, 0.3) is 10.0 Å². The van der Waals surface area contributed by atoms with E-state index in [1.54, 1.807) is 19.2 Å². The summed E-state index contributed by atoms with van der Waals surface area (Å²) in [6, 6.07) is 20.4. The van der Waals surface area contributed by atoms with Gasteiger partial charge in [-0.2, -0.15) is 17.9 Å². The molecule has 5 rings (SSSR count). The normalized spacial score (nSPS) is 21.4. The van der Waals surface area contributed by atoms with Gasteiger partial charge >= 0.3 is 0 Å². The van der Waals surface area contributed by atoms with E-state index in [0.29, 0.717) is 4.90 Å². The third kappa shape index (κ3) is 3.06. The first-order chi connectivity index (χ1) is 14.6. The topological polar surface area (TPSA) is 59.0 Å². The Morgan fingerprint density at radius 3 is 2.53 bits per heavy atom. The molecule has 0 spiro atoms. The lowest BCUT2D eigenvalue weighted by Crippen LogP contribution is -2.31. The summed E-state index contributed by atoms with van der Waals surface area (Å²) in [5, 5.41) is 6.33. The number of hydrogen-bond acceptors (Lipinski definition) is 4. The Hall–Kier alpha value is -2.86. The molecular weight excluding hydrogens is 396 g/mol. The van der Waals surface area contributed by atoms with Crippen molar-refractivity contribution in [2.45, 2.75) is 36.6 Å². The Labute approximate surface area is 177 Å². The lowest BCUT2D eigenvalue weighted by atomic mass is 9.81. The monoisotopic (exact) mass is 420 g/mol. The number of sulfonamides is 1. The molecule has 30 heavy (non-hydrogen) atoms. The molecule has 1 aliphatic carbocycles. The zero-order valence-corrected chi connectivity index (χ0v) is 17.7. The second kappa shape index (κ2) is 7.43. The molecule has 0 aromatic heterocycles. The van der Waals surface area contributed by atoms with Crippen molar-refractivity contribution < 1.29 is 13.2 Å². The zero-order valence-electron chi connectivity index (χ0n) is 16.9. The number of benzene rings is 3. The van der Waals surface area contributed by atoms with Gasteiger partial charge in [-0.3, -0.25) is 0 Å². The third-order valence-corrected chi connectivity index (χ3v) is 7.92. The second-order valence-electron chi connectivity index (χ2n) is 7.92. The third-order valence-electron chi connectivity index (χ3n) is 6.20. The van der Waals surface area contributed by atoms with Crippen LogP contribution in [0.25, 0.3) is 10.8 Å². The average Bonchev–Trinajstić information content (AvgIpc) is 3.19. The number of fused-ring (bicyclic) bond motifs is 2. The van der Waals surface area contributed by atoms with Crippen molar-refractivity contribution >= 4 is 26.5 Å². The summed E-state index contributed by atoms with van der Waals surface area (Å²) >= 11 is 0. The van der Waals surface area contributed by atoms with E-state index in [2.05, 4.69) is 0 Å². The van der Waals surface area contributed by atoms with E-state index in [9.17, 15) is 8.42 Å². The van der Waals surface area contributed by atoms with Gasteiger partial charge in [0.15, 0.2) is 0 Å². The zero-order chi connectivity index (χ0) is 20.7. The molecule has 0 radical (unpaired) electrons. The smallest absolute Gasteiger partial charge is 0.280 e. The summed E-state index contributed by atoms with van der Waals surface area (Å²) in [5.41, 5.74) is 1.95. The van der Waals surface area contributed by atoms with Gasteiger partial charge in [-0.25, -0.2) is 0 Å². The first-order valence-electron chi connectivity index (χ1n) is 10.3. The number of rotatable bonds is 4. The minimum atomic E-state index is -3.82. The molecule has 1 aliphatic heterocycles. The van der Waals surface area contributed by atoms with Crippen molar-refractivity contribution in [2.24, 2.45) is 11.0 Å². The maximum absolute atomic E-state index is 13.9. The largest absolute Gasteiger partial charge is 0.497 e. The second-order valence-corrected chi connectivity index (χ2v) is 9.68. The van der Waals surface area contributed by atoms with Crippen LogP contribution in [0.3, 0.4) is 0 Å². The van der Waals surface area contributed by atoms with Crippen LogP contribution in [0.2, 0.25) is 0 Å². The minimum Gasteiger partial charge on any atom is -0.497 e. The fourth-order valence-corrected chi connectivity index (χ4v) is 6.41. The van der Waals surface area contributed by atoms with E-state index in [4.69, 9.17) is 9.84 Å². The van der Waals surface area contributed by atoms with Gasteiger partial charge in [0, 0.05) is 17.0 Å². The molecule has 154 valence electrons. The molecule has 3 aromatic rings. The summed E-state index contributed by atoms with van der Waals surface area (Å²) in [5.74, 6) is 0.877. The lowest BCUT2D eigenvalue weighted by molar-refractivity contribution is 0.308. The van der Waals surface area contributed by atoms with E-state index in [0.717, 1.165) is 53.5 Å². The number of nitrogens with zero attached hydrogens (tertiary/aromatic N) is 2. The quantitative estimate of drug-likeness (QED) is 0.587. The van der Waals surface area contributed by atoms with Crippen LogP contribution in [-0.4, -0.2) is 25.7 Å². The molecule has 2 atom stereocenters. The van der Waals surface area contributed by atoms with Gasteiger partial charge < -0.3 is 4.74 Å². The van der Waals surface area contributed by atoms with Crippen molar-refractivity contribution in [2.75, 3.05) is 7.11 Å². The maximum atomic E-state index is 13.9. The van der Waals surface area contributed by atoms with E-state index in [1.165, 1.54) is 4.41 Å². The van der Waals surface area contributed by atoms with Crippen LogP contribution in [0.5, 0.6) is 5.75 Å². The van der Waals surface area contributed by atoms with Crippen molar-refractivity contribution in [3.05, 3.63) is 72.3 Å². The highest BCUT2D eigenvalue weighted by atomic mass is 32.2. The molecule has 0 bridgehead atoms. The lowest BCUT2D eigenvalue weighted by Gasteiger charge is -2.29. The molecule has 2 unspecified atom stereocenters. The maximum Gasteiger partial charge on any atom is 0.280 e. The van der Waals surface area contributed by atoms with Crippen molar-refractivity contribution in [1.82, 2.24) is 4.41 Å². The molecule has 0 saturated heterocycles. The van der Waals surface area contributed by atoms with Gasteiger partial charge in [0.2, 0.25) is 0 Å². The average molecular weight is 421 g/mol. The fraction of sp³-hybridized carbons (Fsp3) is 0.292. The van der Waals surface area contributed by atoms with E-state index < -0.39 is 10.0 Å². The van der Waals surface area contributed by atoms with Crippen molar-refractivity contribution in [1.29, 1.82) is 0 Å². The molecular formula is C24H24N2O3S. The van der Waals surface area contributed by atoms with Crippen LogP contribution in [0.15, 0.2) is 76.7 Å². The van der Waals surface area contributed by atoms with Gasteiger partial charge in [-0.05, 0) is 48.4 Å². The van der Waals surface area contributed by atoms with Gasteiger partial charge in [-0.15, -0.1) is 0 Å². The molecule has 3 aromatic carbocycles. The highest BCUT2D eigenvalue weighted by molar-refractivity contribution is 7.89. The summed E-state index contributed by atoms with van der Waals surface area (Å²) in [6.45, 7) is 0. The number of ether oxygens (including phenoxy) is 1. The number of methoxy groups -OCH3 is 1. The highest BCUT2D eigenvalue weighted by Crippen LogP contribution is 2.45. The Morgan fingerprint density at radius 1 is 0.967 bits per heavy atom. The van der Waals surface area contributed by atoms with Crippen LogP contribution >= 0.6 is 0 Å². The first-order valence-corrected chi connectivity index (χ1v) is 11.8. The predicted octanol–water partition coefficient (Wildman–Crippen LogP) is 5.14. The SMILES string of the molecule is COc1ccc(C2C3CCCCC3=NN2S(=O)(=O)c2cccc3ccccc23)cc1. The molecule has 1 saturated carbocycles. The standard InChI is InChI=1S/C24H24N2O3S/c1-29-19-15-13-18(14-16-19)24-21-10-4-5-11-22(21)25-26(24)30(27,28)23-12-6-8-17-7-2-3-9-20(17)23/h2-3,6-9,12-16,21,24H,4-5,10-11H2,1H3. The van der Waals surface area contributed by atoms with Crippen LogP contribution in [0.4, 0.5) is 0 Å². The minimum absolute atomic E-state index is 0.122. The van der Waals surface area contributed by atoms with Crippen LogP contribution in [0.1, 0.15) is 37.3 Å². The Bertz CT molecular complexity index is 1210. The summed E-state index contributed by atoms with van der Waals surface area (Å²) in [6.07, 6.45) is 3.97. The predicted molar refractivity (Wildman–Crippen MR) is 118 cm³/mol.